The molecule has 1 aromatic carbocycles. The minimum absolute atomic E-state index is 0.291. The standard InChI is InChI=1S/C13H14BrNO3S/c1-3-17-13(16)8(2)15-10-5-4-9(14)6-11(10)18-7-12(15)19/h4-6,8H,3,7H2,1-2H3. The normalized spacial score (nSPS) is 15.5. The van der Waals surface area contributed by atoms with E-state index >= 15 is 0 Å². The maximum atomic E-state index is 11.9. The van der Waals surface area contributed by atoms with Gasteiger partial charge in [-0.2, -0.15) is 0 Å². The van der Waals surface area contributed by atoms with Crippen molar-refractivity contribution in [2.75, 3.05) is 18.1 Å². The van der Waals surface area contributed by atoms with E-state index < -0.39 is 6.04 Å². The van der Waals surface area contributed by atoms with Crippen LogP contribution < -0.4 is 9.64 Å². The van der Waals surface area contributed by atoms with Crippen LogP contribution in [0, 0.1) is 0 Å². The highest BCUT2D eigenvalue weighted by Crippen LogP contribution is 2.36. The molecule has 1 unspecified atom stereocenters. The molecule has 1 aromatic rings. The smallest absolute Gasteiger partial charge is 0.328 e. The van der Waals surface area contributed by atoms with Crippen molar-refractivity contribution in [3.05, 3.63) is 22.7 Å². The molecule has 0 bridgehead atoms. The minimum Gasteiger partial charge on any atom is -0.484 e. The van der Waals surface area contributed by atoms with Gasteiger partial charge in [-0.15, -0.1) is 0 Å². The fourth-order valence-electron chi connectivity index (χ4n) is 1.94. The number of benzene rings is 1. The first-order valence-electron chi connectivity index (χ1n) is 5.95. The third kappa shape index (κ3) is 2.90. The Morgan fingerprint density at radius 3 is 3.05 bits per heavy atom. The number of halogens is 1. The maximum absolute atomic E-state index is 11.9. The summed E-state index contributed by atoms with van der Waals surface area (Å²) in [5, 5.41) is 0. The quantitative estimate of drug-likeness (QED) is 0.623. The molecule has 2 rings (SSSR count). The van der Waals surface area contributed by atoms with Crippen LogP contribution in [-0.2, 0) is 9.53 Å². The Labute approximate surface area is 125 Å². The number of esters is 1. The van der Waals surface area contributed by atoms with E-state index in [-0.39, 0.29) is 5.97 Å². The van der Waals surface area contributed by atoms with E-state index in [1.165, 1.54) is 0 Å². The van der Waals surface area contributed by atoms with E-state index in [4.69, 9.17) is 21.7 Å². The molecule has 0 saturated heterocycles. The van der Waals surface area contributed by atoms with Gasteiger partial charge in [0, 0.05) is 4.47 Å². The van der Waals surface area contributed by atoms with E-state index in [1.807, 2.05) is 18.2 Å². The van der Waals surface area contributed by atoms with Crippen molar-refractivity contribution in [3.8, 4) is 5.75 Å². The fraction of sp³-hybridized carbons (Fsp3) is 0.385. The van der Waals surface area contributed by atoms with Crippen LogP contribution in [0.5, 0.6) is 5.75 Å². The SMILES string of the molecule is CCOC(=O)C(C)N1C(=S)COc2cc(Br)ccc21. The molecule has 0 saturated carbocycles. The van der Waals surface area contributed by atoms with E-state index in [0.717, 1.165) is 10.2 Å². The topological polar surface area (TPSA) is 38.8 Å². The summed E-state index contributed by atoms with van der Waals surface area (Å²) in [7, 11) is 0. The molecule has 6 heteroatoms. The van der Waals surface area contributed by atoms with E-state index in [9.17, 15) is 4.79 Å². The van der Waals surface area contributed by atoms with Gasteiger partial charge in [0.2, 0.25) is 0 Å². The molecule has 0 amide bonds. The van der Waals surface area contributed by atoms with Crippen LogP contribution in [0.1, 0.15) is 13.8 Å². The van der Waals surface area contributed by atoms with Gasteiger partial charge >= 0.3 is 5.97 Å². The summed E-state index contributed by atoms with van der Waals surface area (Å²) >= 11 is 8.69. The van der Waals surface area contributed by atoms with Gasteiger partial charge in [-0.1, -0.05) is 28.1 Å². The molecule has 102 valence electrons. The van der Waals surface area contributed by atoms with Crippen molar-refractivity contribution in [2.45, 2.75) is 19.9 Å². The number of fused-ring (bicyclic) bond motifs is 1. The van der Waals surface area contributed by atoms with Gasteiger partial charge < -0.3 is 14.4 Å². The molecule has 19 heavy (non-hydrogen) atoms. The fourth-order valence-corrected chi connectivity index (χ4v) is 2.59. The first-order valence-corrected chi connectivity index (χ1v) is 7.15. The number of rotatable bonds is 3. The number of thiocarbonyl (C=S) groups is 1. The van der Waals surface area contributed by atoms with Crippen LogP contribution in [0.15, 0.2) is 22.7 Å². The third-order valence-electron chi connectivity index (χ3n) is 2.82. The average molecular weight is 344 g/mol. The minimum atomic E-state index is -0.462. The summed E-state index contributed by atoms with van der Waals surface area (Å²) in [6, 6.07) is 5.17. The van der Waals surface area contributed by atoms with Gasteiger partial charge in [-0.05, 0) is 32.0 Å². The number of hydrogen-bond donors (Lipinski definition) is 0. The molecule has 0 aromatic heterocycles. The molecule has 1 heterocycles. The van der Waals surface area contributed by atoms with Gasteiger partial charge in [0.25, 0.3) is 0 Å². The number of ether oxygens (including phenoxy) is 2. The summed E-state index contributed by atoms with van der Waals surface area (Å²) in [4.78, 5) is 14.3. The highest BCUT2D eigenvalue weighted by molar-refractivity contribution is 9.10. The summed E-state index contributed by atoms with van der Waals surface area (Å²) in [5.41, 5.74) is 0.792. The number of anilines is 1. The van der Waals surface area contributed by atoms with Gasteiger partial charge in [-0.25, -0.2) is 4.79 Å². The third-order valence-corrected chi connectivity index (χ3v) is 3.62. The summed E-state index contributed by atoms with van der Waals surface area (Å²) in [6.45, 7) is 4.21. The lowest BCUT2D eigenvalue weighted by molar-refractivity contribution is -0.144. The van der Waals surface area contributed by atoms with E-state index in [0.29, 0.717) is 24.0 Å². The maximum Gasteiger partial charge on any atom is 0.328 e. The Morgan fingerprint density at radius 1 is 1.63 bits per heavy atom. The second-order valence-electron chi connectivity index (χ2n) is 4.09. The second kappa shape index (κ2) is 5.88. The lowest BCUT2D eigenvalue weighted by Gasteiger charge is -2.35. The lowest BCUT2D eigenvalue weighted by Crippen LogP contribution is -2.47. The van der Waals surface area contributed by atoms with Crippen LogP contribution in [0.2, 0.25) is 0 Å². The molecule has 1 atom stereocenters. The summed E-state index contributed by atoms with van der Waals surface area (Å²) in [5.74, 6) is 0.416. The predicted octanol–water partition coefficient (Wildman–Crippen LogP) is 2.93. The van der Waals surface area contributed by atoms with Crippen molar-refractivity contribution in [3.63, 3.8) is 0 Å². The Kier molecular flexibility index (Phi) is 4.42. The molecule has 0 N–H and O–H groups in total. The molecule has 4 nitrogen and oxygen atoms in total. The Bertz CT molecular complexity index is 521. The Morgan fingerprint density at radius 2 is 2.37 bits per heavy atom. The van der Waals surface area contributed by atoms with Gasteiger partial charge in [0.05, 0.1) is 12.3 Å². The predicted molar refractivity (Wildman–Crippen MR) is 80.8 cm³/mol. The molecule has 1 aliphatic heterocycles. The second-order valence-corrected chi connectivity index (χ2v) is 5.48. The molecular formula is C13H14BrNO3S. The van der Waals surface area contributed by atoms with E-state index in [2.05, 4.69) is 15.9 Å². The highest BCUT2D eigenvalue weighted by atomic mass is 79.9. The zero-order valence-corrected chi connectivity index (χ0v) is 13.1. The van der Waals surface area contributed by atoms with Gasteiger partial charge in [0.1, 0.15) is 23.4 Å². The average Bonchev–Trinajstić information content (AvgIpc) is 2.38. The van der Waals surface area contributed by atoms with Crippen molar-refractivity contribution >= 4 is 44.8 Å². The number of hydrogen-bond acceptors (Lipinski definition) is 4. The monoisotopic (exact) mass is 343 g/mol. The summed E-state index contributed by atoms with van der Waals surface area (Å²) < 4.78 is 11.5. The Balaban J connectivity index is 2.35. The van der Waals surface area contributed by atoms with Crippen LogP contribution in [0.25, 0.3) is 0 Å². The van der Waals surface area contributed by atoms with Crippen LogP contribution in [0.4, 0.5) is 5.69 Å². The van der Waals surface area contributed by atoms with Crippen molar-refractivity contribution in [1.82, 2.24) is 0 Å². The first kappa shape index (κ1) is 14.3. The van der Waals surface area contributed by atoms with E-state index in [1.54, 1.807) is 18.7 Å². The largest absolute Gasteiger partial charge is 0.484 e. The number of carbonyl (C=O) groups is 1. The van der Waals surface area contributed by atoms with Crippen LogP contribution >= 0.6 is 28.1 Å². The molecule has 0 radical (unpaired) electrons. The van der Waals surface area contributed by atoms with Crippen LogP contribution in [-0.4, -0.2) is 30.2 Å². The van der Waals surface area contributed by atoms with Gasteiger partial charge in [-0.3, -0.25) is 0 Å². The van der Waals surface area contributed by atoms with Crippen LogP contribution in [0.3, 0.4) is 0 Å². The highest BCUT2D eigenvalue weighted by Gasteiger charge is 2.31. The number of nitrogens with zero attached hydrogens (tertiary/aromatic N) is 1. The molecular weight excluding hydrogens is 330 g/mol. The molecule has 0 aliphatic carbocycles. The first-order chi connectivity index (χ1) is 9.04. The Hall–Kier alpha value is -1.14. The lowest BCUT2D eigenvalue weighted by atomic mass is 10.2. The molecule has 1 aliphatic rings. The zero-order valence-electron chi connectivity index (χ0n) is 10.7. The van der Waals surface area contributed by atoms with Crippen molar-refractivity contribution in [2.24, 2.45) is 0 Å². The van der Waals surface area contributed by atoms with Gasteiger partial charge in [0.15, 0.2) is 0 Å². The zero-order chi connectivity index (χ0) is 14.0. The number of carbonyl (C=O) groups excluding carboxylic acids is 1. The molecule has 0 fully saturated rings. The van der Waals surface area contributed by atoms with Crippen molar-refractivity contribution < 1.29 is 14.3 Å². The molecule has 0 spiro atoms. The summed E-state index contributed by atoms with van der Waals surface area (Å²) in [6.07, 6.45) is 0. The van der Waals surface area contributed by atoms with Crippen molar-refractivity contribution in [1.29, 1.82) is 0 Å².